The first kappa shape index (κ1) is 18.4. The van der Waals surface area contributed by atoms with Gasteiger partial charge >= 0.3 is 0 Å². The average Bonchev–Trinajstić information content (AvgIpc) is 3.28. The first-order valence-electron chi connectivity index (χ1n) is 10.1. The Kier molecular flexibility index (Phi) is 4.46. The molecule has 2 aliphatic rings. The summed E-state index contributed by atoms with van der Waals surface area (Å²) in [6, 6.07) is 13.5. The molecule has 0 spiro atoms. The molecule has 3 aromatic rings. The van der Waals surface area contributed by atoms with E-state index >= 15 is 0 Å². The van der Waals surface area contributed by atoms with E-state index in [0.29, 0.717) is 23.0 Å². The number of nitrogens with two attached hydrogens (primary N) is 1. The van der Waals surface area contributed by atoms with Crippen LogP contribution in [0.4, 0.5) is 23.3 Å². The van der Waals surface area contributed by atoms with E-state index in [1.807, 2.05) is 47.4 Å². The zero-order chi connectivity index (χ0) is 20.7. The number of aromatic nitrogens is 2. The Balaban J connectivity index is 1.49. The summed E-state index contributed by atoms with van der Waals surface area (Å²) in [5.41, 5.74) is 7.43. The number of hydrogen-bond donors (Lipinski definition) is 3. The molecule has 2 amide bonds. The molecule has 1 atom stereocenters. The second-order valence-electron chi connectivity index (χ2n) is 7.69. The molecule has 0 radical (unpaired) electrons. The SMILES string of the molecule is Nc1nc(N2CCCC2)nc2c1[C@H](C(=O)Nc1cccc3ccccc13)CC(=O)N2. The Labute approximate surface area is 173 Å². The van der Waals surface area contributed by atoms with Gasteiger partial charge in [-0.15, -0.1) is 0 Å². The summed E-state index contributed by atoms with van der Waals surface area (Å²) in [6.45, 7) is 1.72. The second kappa shape index (κ2) is 7.29. The molecule has 0 saturated carbocycles. The van der Waals surface area contributed by atoms with Crippen molar-refractivity contribution in [3.63, 3.8) is 0 Å². The number of nitrogen functional groups attached to an aromatic ring is 1. The molecule has 1 aromatic heterocycles. The molecular weight excluding hydrogens is 380 g/mol. The highest BCUT2D eigenvalue weighted by Gasteiger charge is 2.35. The third-order valence-corrected chi connectivity index (χ3v) is 5.71. The summed E-state index contributed by atoms with van der Waals surface area (Å²) in [4.78, 5) is 36.6. The quantitative estimate of drug-likeness (QED) is 0.621. The molecule has 30 heavy (non-hydrogen) atoms. The van der Waals surface area contributed by atoms with Gasteiger partial charge in [-0.1, -0.05) is 36.4 Å². The van der Waals surface area contributed by atoms with Crippen molar-refractivity contribution in [3.8, 4) is 0 Å². The maximum absolute atomic E-state index is 13.2. The summed E-state index contributed by atoms with van der Waals surface area (Å²) in [5.74, 6) is -0.240. The van der Waals surface area contributed by atoms with Gasteiger partial charge in [-0.05, 0) is 24.3 Å². The molecule has 5 rings (SSSR count). The van der Waals surface area contributed by atoms with Crippen LogP contribution in [0.2, 0.25) is 0 Å². The topological polar surface area (TPSA) is 113 Å². The number of nitrogens with one attached hydrogen (secondary N) is 2. The molecule has 0 unspecified atom stereocenters. The van der Waals surface area contributed by atoms with Crippen molar-refractivity contribution >= 4 is 45.9 Å². The minimum Gasteiger partial charge on any atom is -0.383 e. The van der Waals surface area contributed by atoms with Gasteiger partial charge in [0.1, 0.15) is 11.6 Å². The Bertz CT molecular complexity index is 1150. The molecule has 0 bridgehead atoms. The highest BCUT2D eigenvalue weighted by Crippen LogP contribution is 2.37. The number of amides is 2. The fourth-order valence-corrected chi connectivity index (χ4v) is 4.22. The number of nitrogens with zero attached hydrogens (tertiary/aromatic N) is 3. The summed E-state index contributed by atoms with van der Waals surface area (Å²) in [7, 11) is 0. The fourth-order valence-electron chi connectivity index (χ4n) is 4.22. The smallest absolute Gasteiger partial charge is 0.232 e. The van der Waals surface area contributed by atoms with Gasteiger partial charge in [0.05, 0.1) is 11.5 Å². The van der Waals surface area contributed by atoms with Crippen LogP contribution in [0.5, 0.6) is 0 Å². The van der Waals surface area contributed by atoms with Crippen molar-refractivity contribution in [2.45, 2.75) is 25.2 Å². The van der Waals surface area contributed by atoms with Gasteiger partial charge in [-0.3, -0.25) is 9.59 Å². The summed E-state index contributed by atoms with van der Waals surface area (Å²) >= 11 is 0. The van der Waals surface area contributed by atoms with E-state index in [1.165, 1.54) is 0 Å². The van der Waals surface area contributed by atoms with Crippen molar-refractivity contribution in [2.75, 3.05) is 34.4 Å². The molecule has 8 heteroatoms. The van der Waals surface area contributed by atoms with E-state index in [-0.39, 0.29) is 24.1 Å². The highest BCUT2D eigenvalue weighted by atomic mass is 16.2. The van der Waals surface area contributed by atoms with Gasteiger partial charge in [-0.2, -0.15) is 9.97 Å². The van der Waals surface area contributed by atoms with Crippen LogP contribution in [-0.2, 0) is 9.59 Å². The Morgan fingerprint density at radius 2 is 1.87 bits per heavy atom. The molecule has 8 nitrogen and oxygen atoms in total. The van der Waals surface area contributed by atoms with Crippen LogP contribution in [0.1, 0.15) is 30.7 Å². The molecule has 3 heterocycles. The predicted octanol–water partition coefficient (Wildman–Crippen LogP) is 2.88. The van der Waals surface area contributed by atoms with Crippen LogP contribution in [0.15, 0.2) is 42.5 Å². The summed E-state index contributed by atoms with van der Waals surface area (Å²) in [5, 5.41) is 7.69. The first-order chi connectivity index (χ1) is 14.6. The average molecular weight is 402 g/mol. The number of rotatable bonds is 3. The normalized spacial score (nSPS) is 18.2. The zero-order valence-electron chi connectivity index (χ0n) is 16.4. The minimum absolute atomic E-state index is 0.000219. The number of carbonyl (C=O) groups excluding carboxylic acids is 2. The van der Waals surface area contributed by atoms with E-state index in [0.717, 1.165) is 36.7 Å². The van der Waals surface area contributed by atoms with Crippen LogP contribution >= 0.6 is 0 Å². The summed E-state index contributed by atoms with van der Waals surface area (Å²) in [6.07, 6.45) is 2.14. The van der Waals surface area contributed by atoms with Crippen molar-refractivity contribution in [3.05, 3.63) is 48.0 Å². The monoisotopic (exact) mass is 402 g/mol. The van der Waals surface area contributed by atoms with Crippen molar-refractivity contribution in [2.24, 2.45) is 0 Å². The van der Waals surface area contributed by atoms with Gasteiger partial charge < -0.3 is 21.3 Å². The van der Waals surface area contributed by atoms with Gasteiger partial charge in [0.2, 0.25) is 17.8 Å². The van der Waals surface area contributed by atoms with E-state index in [4.69, 9.17) is 5.73 Å². The third kappa shape index (κ3) is 3.20. The van der Waals surface area contributed by atoms with E-state index < -0.39 is 5.92 Å². The molecule has 2 aromatic carbocycles. The standard InChI is InChI=1S/C22H22N6O2/c23-19-18-15(21(30)24-16-9-5-7-13-6-1-2-8-14(13)16)12-17(29)25-20(18)27-22(26-19)28-10-3-4-11-28/h1-2,5-9,15H,3-4,10-12H2,(H,24,30)(H3,23,25,26,27,29)/t15-/m1/s1. The number of anilines is 4. The molecule has 4 N–H and O–H groups in total. The lowest BCUT2D eigenvalue weighted by Gasteiger charge is -2.27. The van der Waals surface area contributed by atoms with Crippen molar-refractivity contribution in [1.82, 2.24) is 9.97 Å². The lowest BCUT2D eigenvalue weighted by Crippen LogP contribution is -2.33. The maximum Gasteiger partial charge on any atom is 0.232 e. The number of carbonyl (C=O) groups is 2. The Morgan fingerprint density at radius 1 is 1.10 bits per heavy atom. The number of benzene rings is 2. The zero-order valence-corrected chi connectivity index (χ0v) is 16.4. The largest absolute Gasteiger partial charge is 0.383 e. The van der Waals surface area contributed by atoms with Gasteiger partial charge in [0.15, 0.2) is 0 Å². The number of hydrogen-bond acceptors (Lipinski definition) is 6. The van der Waals surface area contributed by atoms with Gasteiger partial charge in [0, 0.05) is 30.6 Å². The van der Waals surface area contributed by atoms with Crippen LogP contribution in [0.3, 0.4) is 0 Å². The molecule has 152 valence electrons. The van der Waals surface area contributed by atoms with Crippen molar-refractivity contribution < 1.29 is 9.59 Å². The lowest BCUT2D eigenvalue weighted by atomic mass is 9.91. The molecule has 0 aliphatic carbocycles. The highest BCUT2D eigenvalue weighted by molar-refractivity contribution is 6.08. The Morgan fingerprint density at radius 3 is 2.70 bits per heavy atom. The van der Waals surface area contributed by atoms with Crippen LogP contribution in [0.25, 0.3) is 10.8 Å². The molecule has 2 aliphatic heterocycles. The van der Waals surface area contributed by atoms with E-state index in [9.17, 15) is 9.59 Å². The number of fused-ring (bicyclic) bond motifs is 2. The van der Waals surface area contributed by atoms with Crippen molar-refractivity contribution in [1.29, 1.82) is 0 Å². The maximum atomic E-state index is 13.2. The second-order valence-corrected chi connectivity index (χ2v) is 7.69. The molecular formula is C22H22N6O2. The van der Waals surface area contributed by atoms with Gasteiger partial charge in [-0.25, -0.2) is 0 Å². The molecule has 1 fully saturated rings. The lowest BCUT2D eigenvalue weighted by molar-refractivity contribution is -0.123. The first-order valence-corrected chi connectivity index (χ1v) is 10.1. The third-order valence-electron chi connectivity index (χ3n) is 5.71. The van der Waals surface area contributed by atoms with Gasteiger partial charge in [0.25, 0.3) is 0 Å². The minimum atomic E-state index is -0.750. The fraction of sp³-hybridized carbons (Fsp3) is 0.273. The van der Waals surface area contributed by atoms with E-state index in [1.54, 1.807) is 0 Å². The predicted molar refractivity (Wildman–Crippen MR) is 116 cm³/mol. The van der Waals surface area contributed by atoms with Crippen LogP contribution in [-0.4, -0.2) is 34.9 Å². The summed E-state index contributed by atoms with van der Waals surface area (Å²) < 4.78 is 0. The molecule has 1 saturated heterocycles. The van der Waals surface area contributed by atoms with Crippen LogP contribution < -0.4 is 21.3 Å². The van der Waals surface area contributed by atoms with E-state index in [2.05, 4.69) is 20.6 Å². The van der Waals surface area contributed by atoms with Crippen LogP contribution in [0, 0.1) is 0 Å². The Hall–Kier alpha value is -3.68.